The van der Waals surface area contributed by atoms with Crippen LogP contribution < -0.4 is 9.64 Å². The molecular weight excluding hydrogens is 433 g/mol. The highest BCUT2D eigenvalue weighted by Crippen LogP contribution is 2.37. The second kappa shape index (κ2) is 8.87. The summed E-state index contributed by atoms with van der Waals surface area (Å²) < 4.78 is 72.3. The summed E-state index contributed by atoms with van der Waals surface area (Å²) in [5.74, 6) is 0.274. The number of anilines is 1. The average molecular weight is 455 g/mol. The van der Waals surface area contributed by atoms with E-state index in [1.54, 1.807) is 13.1 Å². The lowest BCUT2D eigenvalue weighted by Crippen LogP contribution is -2.41. The Kier molecular flexibility index (Phi) is 6.16. The molecule has 3 aromatic rings. The van der Waals surface area contributed by atoms with Gasteiger partial charge in [-0.1, -0.05) is 12.1 Å². The summed E-state index contributed by atoms with van der Waals surface area (Å²) in [6.07, 6.45) is -3.02. The van der Waals surface area contributed by atoms with E-state index in [1.807, 2.05) is 4.90 Å². The van der Waals surface area contributed by atoms with Crippen molar-refractivity contribution in [2.24, 2.45) is 5.92 Å². The smallest absolute Gasteiger partial charge is 0.419 e. The molecule has 0 N–H and O–H groups in total. The van der Waals surface area contributed by atoms with E-state index in [-0.39, 0.29) is 17.3 Å². The number of alkyl halides is 5. The molecule has 32 heavy (non-hydrogen) atoms. The minimum atomic E-state index is -4.50. The summed E-state index contributed by atoms with van der Waals surface area (Å²) in [6, 6.07) is 5.17. The number of benzene rings is 1. The fraction of sp³-hybridized carbons (Fsp3) is 0.476. The molecule has 0 amide bonds. The Bertz CT molecular complexity index is 1070. The van der Waals surface area contributed by atoms with Crippen LogP contribution >= 0.6 is 0 Å². The first kappa shape index (κ1) is 22.2. The van der Waals surface area contributed by atoms with Gasteiger partial charge in [0.1, 0.15) is 29.7 Å². The first-order valence-electron chi connectivity index (χ1n) is 10.3. The standard InChI is InChI=1S/C21H22F5N5O/c1-13(32-17-7-3-2-6-15(17)21(24,25)26)14-5-4-8-30(11-14)19-10-27-16-9-28-31(12-18(22)23)20(16)29-19/h2-3,6-7,9-10,13-14,18H,4-5,8,11-12H2,1H3/t13?,14-/m0/s1. The van der Waals surface area contributed by atoms with E-state index in [1.165, 1.54) is 24.4 Å². The van der Waals surface area contributed by atoms with Gasteiger partial charge in [-0.2, -0.15) is 18.3 Å². The number of ether oxygens (including phenoxy) is 1. The first-order valence-corrected chi connectivity index (χ1v) is 10.3. The molecule has 172 valence electrons. The van der Waals surface area contributed by atoms with Gasteiger partial charge in [0, 0.05) is 19.0 Å². The molecule has 0 saturated carbocycles. The van der Waals surface area contributed by atoms with Crippen molar-refractivity contribution in [2.75, 3.05) is 18.0 Å². The Balaban J connectivity index is 1.50. The molecule has 0 bridgehead atoms. The normalized spacial score (nSPS) is 18.3. The number of halogens is 5. The van der Waals surface area contributed by atoms with Crippen LogP contribution in [0, 0.1) is 5.92 Å². The molecule has 1 saturated heterocycles. The van der Waals surface area contributed by atoms with Crippen molar-refractivity contribution < 1.29 is 26.7 Å². The van der Waals surface area contributed by atoms with Gasteiger partial charge in [0.2, 0.25) is 0 Å². The Morgan fingerprint density at radius 3 is 2.72 bits per heavy atom. The fourth-order valence-electron chi connectivity index (χ4n) is 3.96. The van der Waals surface area contributed by atoms with Gasteiger partial charge in [0.15, 0.2) is 5.65 Å². The van der Waals surface area contributed by atoms with Gasteiger partial charge < -0.3 is 9.64 Å². The Labute approximate surface area is 181 Å². The van der Waals surface area contributed by atoms with Gasteiger partial charge in [0.05, 0.1) is 18.0 Å². The lowest BCUT2D eigenvalue weighted by atomic mass is 9.93. The van der Waals surface area contributed by atoms with E-state index >= 15 is 0 Å². The van der Waals surface area contributed by atoms with Gasteiger partial charge in [-0.15, -0.1) is 0 Å². The molecule has 1 fully saturated rings. The largest absolute Gasteiger partial charge is 0.490 e. The maximum Gasteiger partial charge on any atom is 0.419 e. The first-order chi connectivity index (χ1) is 15.2. The van der Waals surface area contributed by atoms with E-state index in [0.29, 0.717) is 24.4 Å². The number of aromatic nitrogens is 4. The van der Waals surface area contributed by atoms with Crippen molar-refractivity contribution >= 4 is 17.0 Å². The molecule has 1 aromatic carbocycles. The fourth-order valence-corrected chi connectivity index (χ4v) is 3.96. The highest BCUT2D eigenvalue weighted by molar-refractivity contribution is 5.71. The van der Waals surface area contributed by atoms with Crippen LogP contribution in [-0.4, -0.2) is 45.4 Å². The van der Waals surface area contributed by atoms with E-state index in [4.69, 9.17) is 4.74 Å². The number of para-hydroxylation sites is 1. The zero-order chi connectivity index (χ0) is 22.9. The summed E-state index contributed by atoms with van der Waals surface area (Å²) in [7, 11) is 0. The van der Waals surface area contributed by atoms with Gasteiger partial charge in [-0.25, -0.2) is 23.4 Å². The van der Waals surface area contributed by atoms with Gasteiger partial charge in [-0.05, 0) is 31.9 Å². The molecule has 2 atom stereocenters. The summed E-state index contributed by atoms with van der Waals surface area (Å²) in [5, 5.41) is 3.92. The molecule has 0 spiro atoms. The Hall–Kier alpha value is -2.98. The van der Waals surface area contributed by atoms with Crippen LogP contribution in [0.2, 0.25) is 0 Å². The van der Waals surface area contributed by atoms with Crippen molar-refractivity contribution in [3.8, 4) is 5.75 Å². The summed E-state index contributed by atoms with van der Waals surface area (Å²) >= 11 is 0. The van der Waals surface area contributed by atoms with E-state index in [9.17, 15) is 22.0 Å². The van der Waals surface area contributed by atoms with Crippen molar-refractivity contribution in [1.82, 2.24) is 19.7 Å². The quantitative estimate of drug-likeness (QED) is 0.500. The van der Waals surface area contributed by atoms with Crippen molar-refractivity contribution in [3.63, 3.8) is 0 Å². The summed E-state index contributed by atoms with van der Waals surface area (Å²) in [6.45, 7) is 2.35. The topological polar surface area (TPSA) is 56.1 Å². The van der Waals surface area contributed by atoms with Crippen molar-refractivity contribution in [3.05, 3.63) is 42.2 Å². The predicted octanol–water partition coefficient (Wildman–Crippen LogP) is 4.79. The van der Waals surface area contributed by atoms with Crippen molar-refractivity contribution in [2.45, 2.75) is 45.0 Å². The molecule has 11 heteroatoms. The second-order valence-electron chi connectivity index (χ2n) is 7.82. The van der Waals surface area contributed by atoms with Crippen LogP contribution in [0.25, 0.3) is 11.2 Å². The maximum atomic E-state index is 13.3. The van der Waals surface area contributed by atoms with Gasteiger partial charge in [0.25, 0.3) is 6.43 Å². The van der Waals surface area contributed by atoms with Crippen LogP contribution in [0.3, 0.4) is 0 Å². The third kappa shape index (κ3) is 4.76. The monoisotopic (exact) mass is 455 g/mol. The SMILES string of the molecule is CC(Oc1ccccc1C(F)(F)F)[C@H]1CCCN(c2cnc3cnn(CC(F)F)c3n2)C1. The molecule has 0 radical (unpaired) electrons. The minimum Gasteiger partial charge on any atom is -0.490 e. The number of fused-ring (bicyclic) bond motifs is 1. The molecule has 1 unspecified atom stereocenters. The molecule has 2 aromatic heterocycles. The molecule has 1 aliphatic rings. The third-order valence-electron chi connectivity index (χ3n) is 5.59. The highest BCUT2D eigenvalue weighted by Gasteiger charge is 2.35. The number of nitrogens with zero attached hydrogens (tertiary/aromatic N) is 5. The van der Waals surface area contributed by atoms with Gasteiger partial charge >= 0.3 is 6.18 Å². The Morgan fingerprint density at radius 1 is 1.19 bits per heavy atom. The molecule has 4 rings (SSSR count). The van der Waals surface area contributed by atoms with Crippen molar-refractivity contribution in [1.29, 1.82) is 0 Å². The second-order valence-corrected chi connectivity index (χ2v) is 7.82. The zero-order valence-corrected chi connectivity index (χ0v) is 17.3. The van der Waals surface area contributed by atoms with Crippen LogP contribution in [0.1, 0.15) is 25.3 Å². The lowest BCUT2D eigenvalue weighted by molar-refractivity contribution is -0.139. The maximum absolute atomic E-state index is 13.3. The number of piperidine rings is 1. The Morgan fingerprint density at radius 2 is 1.97 bits per heavy atom. The molecule has 1 aliphatic heterocycles. The minimum absolute atomic E-state index is 0.0477. The van der Waals surface area contributed by atoms with Crippen LogP contribution in [-0.2, 0) is 12.7 Å². The molecule has 3 heterocycles. The average Bonchev–Trinajstić information content (AvgIpc) is 3.15. The number of hydrogen-bond acceptors (Lipinski definition) is 5. The van der Waals surface area contributed by atoms with Crippen LogP contribution in [0.4, 0.5) is 27.8 Å². The number of hydrogen-bond donors (Lipinski definition) is 0. The third-order valence-corrected chi connectivity index (χ3v) is 5.59. The predicted molar refractivity (Wildman–Crippen MR) is 108 cm³/mol. The lowest BCUT2D eigenvalue weighted by Gasteiger charge is -2.36. The van der Waals surface area contributed by atoms with E-state index in [0.717, 1.165) is 23.6 Å². The highest BCUT2D eigenvalue weighted by atomic mass is 19.4. The number of rotatable bonds is 6. The summed E-state index contributed by atoms with van der Waals surface area (Å²) in [5.41, 5.74) is -0.111. The van der Waals surface area contributed by atoms with Crippen LogP contribution in [0.15, 0.2) is 36.7 Å². The molecule has 0 aliphatic carbocycles. The zero-order valence-electron chi connectivity index (χ0n) is 17.3. The van der Waals surface area contributed by atoms with Gasteiger partial charge in [-0.3, -0.25) is 0 Å². The van der Waals surface area contributed by atoms with E-state index in [2.05, 4.69) is 15.1 Å². The van der Waals surface area contributed by atoms with E-state index < -0.39 is 30.8 Å². The molecular formula is C21H22F5N5O. The summed E-state index contributed by atoms with van der Waals surface area (Å²) in [4.78, 5) is 10.7. The van der Waals surface area contributed by atoms with Crippen LogP contribution in [0.5, 0.6) is 5.75 Å². The molecule has 6 nitrogen and oxygen atoms in total.